The first-order valence-electron chi connectivity index (χ1n) is 0.478. The topological polar surface area (TPSA) is 0 Å². The normalized spacial score (nSPS) is 11.2. The third-order valence-corrected chi connectivity index (χ3v) is 0. The van der Waals surface area contributed by atoms with E-state index >= 15 is 0 Å². The van der Waals surface area contributed by atoms with Crippen LogP contribution in [0.1, 0.15) is 0 Å². The van der Waals surface area contributed by atoms with Gasteiger partial charge >= 0.3 is 45.1 Å². The maximum atomic E-state index is 4.46. The molecule has 0 atom stereocenters. The Labute approximate surface area is 44.7 Å². The van der Waals surface area contributed by atoms with Gasteiger partial charge < -0.3 is 0 Å². The van der Waals surface area contributed by atoms with Gasteiger partial charge in [-0.15, -0.1) is 0 Å². The van der Waals surface area contributed by atoms with Crippen LogP contribution in [0.4, 0.5) is 0 Å². The second-order valence-corrected chi connectivity index (χ2v) is 12.1. The molecule has 0 aliphatic rings. The van der Waals surface area contributed by atoms with Gasteiger partial charge in [0.25, 0.3) is 0 Å². The number of halogens is 1. The van der Waals surface area contributed by atoms with Gasteiger partial charge in [0.2, 0.25) is 0 Å². The molecule has 0 nitrogen and oxygen atoms in total. The van der Waals surface area contributed by atoms with Crippen molar-refractivity contribution in [3.05, 3.63) is 0 Å². The van der Waals surface area contributed by atoms with E-state index < -0.39 is 15.7 Å². The fourth-order valence-electron chi connectivity index (χ4n) is 0. The van der Waals surface area contributed by atoms with E-state index in [0.29, 0.717) is 0 Å². The molecule has 0 aromatic heterocycles. The molecule has 0 aromatic carbocycles. The number of rotatable bonds is 0. The van der Waals surface area contributed by atoms with Crippen LogP contribution >= 0.6 is 25.5 Å². The summed E-state index contributed by atoms with van der Waals surface area (Å²) in [5.74, 6) is 0. The zero-order valence-electron chi connectivity index (χ0n) is 1.64. The monoisotopic (exact) mass is 224 g/mol. The summed E-state index contributed by atoms with van der Waals surface area (Å²) in [5.41, 5.74) is 0. The van der Waals surface area contributed by atoms with Crippen LogP contribution in [-0.4, -0.2) is 0 Å². The van der Waals surface area contributed by atoms with Gasteiger partial charge in [0.05, 0.1) is 0 Å². The predicted octanol–water partition coefficient (Wildman–Crippen LogP) is 1.26. The average molecular weight is 224 g/mol. The van der Waals surface area contributed by atoms with Crippen LogP contribution in [0.2, 0.25) is 0 Å². The first-order chi connectivity index (χ1) is 1.73. The molecule has 0 radical (unpaired) electrons. The van der Waals surface area contributed by atoms with Gasteiger partial charge in [0, 0.05) is 0 Å². The van der Waals surface area contributed by atoms with E-state index in [0.717, 1.165) is 0 Å². The minimum atomic E-state index is -1.40. The molecule has 4 heteroatoms. The predicted molar refractivity (Wildman–Crippen MR) is 37.7 cm³/mol. The SMILES string of the molecule is [S-]I([S-])S. The minimum absolute atomic E-state index is 1.40. The molecular formula is HIS3-2. The molecule has 0 aliphatic heterocycles. The summed E-state index contributed by atoms with van der Waals surface area (Å²) >= 11 is -1.40. The summed E-state index contributed by atoms with van der Waals surface area (Å²) < 4.78 is 0. The molecule has 0 spiro atoms. The Hall–Kier alpha value is 1.78. The molecule has 0 bridgehead atoms. The second kappa shape index (κ2) is 2.99. The second-order valence-electron chi connectivity index (χ2n) is 0.201. The molecular weight excluding hydrogens is 223 g/mol. The van der Waals surface area contributed by atoms with Gasteiger partial charge in [0.15, 0.2) is 0 Å². The third-order valence-electron chi connectivity index (χ3n) is 0. The molecule has 0 amide bonds. The van der Waals surface area contributed by atoms with Crippen LogP contribution in [0.15, 0.2) is 0 Å². The van der Waals surface area contributed by atoms with Gasteiger partial charge in [0.1, 0.15) is 0 Å². The van der Waals surface area contributed by atoms with E-state index in [9.17, 15) is 0 Å². The number of hydrogen-bond donors (Lipinski definition) is 1. The Balaban J connectivity index is 2.32. The van der Waals surface area contributed by atoms with Gasteiger partial charge in [-0.05, 0) is 0 Å². The summed E-state index contributed by atoms with van der Waals surface area (Å²) in [7, 11) is 12.7. The van der Waals surface area contributed by atoms with Crippen LogP contribution in [0, 0.1) is 0 Å². The van der Waals surface area contributed by atoms with Crippen molar-refractivity contribution in [2.24, 2.45) is 0 Å². The summed E-state index contributed by atoms with van der Waals surface area (Å²) in [6.07, 6.45) is 0. The average Bonchev–Trinajstić information content (AvgIpc) is 0.811. The molecule has 4 heavy (non-hydrogen) atoms. The standard InChI is InChI=1S/HIS3/c2-1(3)4/h2H/q-2. The quantitative estimate of drug-likeness (QED) is 0.373. The van der Waals surface area contributed by atoms with Crippen LogP contribution < -0.4 is 0 Å². The van der Waals surface area contributed by atoms with Crippen molar-refractivity contribution < 1.29 is 0 Å². The van der Waals surface area contributed by atoms with E-state index in [4.69, 9.17) is 0 Å². The van der Waals surface area contributed by atoms with Gasteiger partial charge in [-0.2, -0.15) is 0 Å². The Morgan fingerprint density at radius 3 is 1.50 bits per heavy atom. The maximum absolute atomic E-state index is 4.46. The van der Waals surface area contributed by atoms with E-state index in [-0.39, 0.29) is 0 Å². The third kappa shape index (κ3) is 9.22. The van der Waals surface area contributed by atoms with Crippen molar-refractivity contribution in [3.63, 3.8) is 0 Å². The molecule has 0 rings (SSSR count). The van der Waals surface area contributed by atoms with Crippen molar-refractivity contribution in [2.75, 3.05) is 0 Å². The van der Waals surface area contributed by atoms with Crippen molar-refractivity contribution >= 4 is 45.1 Å². The van der Waals surface area contributed by atoms with Gasteiger partial charge in [-0.1, -0.05) is 0 Å². The van der Waals surface area contributed by atoms with Crippen LogP contribution in [0.3, 0.4) is 0 Å². The molecule has 0 aromatic rings. The van der Waals surface area contributed by atoms with E-state index in [1.54, 1.807) is 0 Å². The van der Waals surface area contributed by atoms with Crippen LogP contribution in [0.5, 0.6) is 0 Å². The molecule has 0 saturated heterocycles. The summed E-state index contributed by atoms with van der Waals surface area (Å²) in [4.78, 5) is 0. The van der Waals surface area contributed by atoms with Crippen LogP contribution in [0.25, 0.3) is 0 Å². The van der Waals surface area contributed by atoms with E-state index in [1.165, 1.54) is 0 Å². The summed E-state index contributed by atoms with van der Waals surface area (Å²) in [5, 5.41) is 0. The Kier molecular flexibility index (Phi) is 4.32. The van der Waals surface area contributed by atoms with E-state index in [2.05, 4.69) is 29.4 Å². The molecule has 0 N–H and O–H groups in total. The zero-order chi connectivity index (χ0) is 3.58. The number of hydrogen-bond acceptors (Lipinski definition) is 3. The van der Waals surface area contributed by atoms with Gasteiger partial charge in [-0.3, -0.25) is 0 Å². The fraction of sp³-hybridized carbons (Fsp3) is 0. The Bertz CT molecular complexity index is 8.00. The first kappa shape index (κ1) is 5.78. The zero-order valence-corrected chi connectivity index (χ0v) is 6.33. The molecule has 0 saturated carbocycles. The molecule has 0 heterocycles. The molecule has 0 aliphatic carbocycles. The van der Waals surface area contributed by atoms with Crippen molar-refractivity contribution in [2.45, 2.75) is 0 Å². The van der Waals surface area contributed by atoms with Gasteiger partial charge in [-0.25, -0.2) is 0 Å². The molecule has 0 unspecified atom stereocenters. The fourth-order valence-corrected chi connectivity index (χ4v) is 0. The van der Waals surface area contributed by atoms with E-state index in [1.807, 2.05) is 0 Å². The van der Waals surface area contributed by atoms with Crippen LogP contribution in [-0.2, 0) is 19.6 Å². The summed E-state index contributed by atoms with van der Waals surface area (Å²) in [6, 6.07) is 0. The Morgan fingerprint density at radius 2 is 1.50 bits per heavy atom. The van der Waals surface area contributed by atoms with Crippen molar-refractivity contribution in [1.82, 2.24) is 0 Å². The Morgan fingerprint density at radius 1 is 1.50 bits per heavy atom. The molecule has 28 valence electrons. The number of thiol groups is 1. The van der Waals surface area contributed by atoms with Crippen molar-refractivity contribution in [1.29, 1.82) is 0 Å². The van der Waals surface area contributed by atoms with Crippen molar-refractivity contribution in [3.8, 4) is 0 Å². The molecule has 0 fully saturated rings. The first-order valence-corrected chi connectivity index (χ1v) is 9.61. The summed E-state index contributed by atoms with van der Waals surface area (Å²) in [6.45, 7) is 0.